The summed E-state index contributed by atoms with van der Waals surface area (Å²) in [6, 6.07) is -1.91. The molecule has 102 valence electrons. The van der Waals surface area contributed by atoms with E-state index in [1.165, 1.54) is 6.92 Å². The van der Waals surface area contributed by atoms with Crippen LogP contribution in [-0.2, 0) is 14.4 Å². The van der Waals surface area contributed by atoms with Crippen molar-refractivity contribution in [2.75, 3.05) is 11.5 Å². The van der Waals surface area contributed by atoms with Gasteiger partial charge in [-0.2, -0.15) is 11.8 Å². The molecule has 0 saturated carbocycles. The third-order valence-corrected chi connectivity index (χ3v) is 2.71. The Labute approximate surface area is 108 Å². The first-order chi connectivity index (χ1) is 8.32. The topological polar surface area (TPSA) is 139 Å². The van der Waals surface area contributed by atoms with Gasteiger partial charge in [0.15, 0.2) is 0 Å². The predicted molar refractivity (Wildman–Crippen MR) is 64.9 cm³/mol. The quantitative estimate of drug-likeness (QED) is 0.435. The zero-order chi connectivity index (χ0) is 14.1. The molecule has 5 N–H and O–H groups in total. The summed E-state index contributed by atoms with van der Waals surface area (Å²) in [6.45, 7) is 1.23. The van der Waals surface area contributed by atoms with Gasteiger partial charge in [0.05, 0.1) is 5.75 Å². The molecular weight excluding hydrogens is 262 g/mol. The Morgan fingerprint density at radius 2 is 1.94 bits per heavy atom. The highest BCUT2D eigenvalue weighted by atomic mass is 32.2. The lowest BCUT2D eigenvalue weighted by Gasteiger charge is -2.12. The summed E-state index contributed by atoms with van der Waals surface area (Å²) in [5.74, 6) is -1.76. The van der Waals surface area contributed by atoms with Crippen LogP contribution in [0.5, 0.6) is 0 Å². The van der Waals surface area contributed by atoms with E-state index < -0.39 is 29.9 Å². The highest BCUT2D eigenvalue weighted by molar-refractivity contribution is 7.99. The van der Waals surface area contributed by atoms with Crippen LogP contribution in [-0.4, -0.2) is 46.5 Å². The van der Waals surface area contributed by atoms with Crippen molar-refractivity contribution in [2.24, 2.45) is 5.73 Å². The van der Waals surface area contributed by atoms with Crippen LogP contribution in [0, 0.1) is 0 Å². The van der Waals surface area contributed by atoms with Crippen LogP contribution >= 0.6 is 11.8 Å². The summed E-state index contributed by atoms with van der Waals surface area (Å²) in [6.07, 6.45) is 0.184. The number of hydrogen-bond donors (Lipinski definition) is 4. The Morgan fingerprint density at radius 1 is 1.33 bits per heavy atom. The van der Waals surface area contributed by atoms with Crippen LogP contribution in [0.15, 0.2) is 0 Å². The molecule has 4 amide bonds. The van der Waals surface area contributed by atoms with Crippen molar-refractivity contribution in [3.05, 3.63) is 0 Å². The van der Waals surface area contributed by atoms with E-state index in [4.69, 9.17) is 10.8 Å². The molecule has 0 aliphatic rings. The number of nitrogens with one attached hydrogen (secondary N) is 2. The molecule has 0 aromatic carbocycles. The molecule has 0 bridgehead atoms. The number of aliphatic carboxylic acids is 1. The van der Waals surface area contributed by atoms with Crippen molar-refractivity contribution in [1.82, 2.24) is 10.6 Å². The first-order valence-corrected chi connectivity index (χ1v) is 6.15. The second kappa shape index (κ2) is 8.34. The lowest BCUT2D eigenvalue weighted by Crippen LogP contribution is -2.40. The lowest BCUT2D eigenvalue weighted by atomic mass is 10.2. The molecule has 0 rings (SSSR count). The van der Waals surface area contributed by atoms with E-state index >= 15 is 0 Å². The Balaban J connectivity index is 3.86. The number of nitrogens with two attached hydrogens (primary N) is 1. The van der Waals surface area contributed by atoms with Crippen molar-refractivity contribution in [1.29, 1.82) is 0 Å². The van der Waals surface area contributed by atoms with Crippen molar-refractivity contribution < 1.29 is 24.3 Å². The second-order valence-corrected chi connectivity index (χ2v) is 4.45. The van der Waals surface area contributed by atoms with Gasteiger partial charge in [0.1, 0.15) is 6.04 Å². The molecule has 0 radical (unpaired) electrons. The molecule has 18 heavy (non-hydrogen) atoms. The van der Waals surface area contributed by atoms with E-state index in [0.29, 0.717) is 5.75 Å². The molecular formula is C9H15N3O5S. The Kier molecular flexibility index (Phi) is 7.52. The van der Waals surface area contributed by atoms with Crippen LogP contribution in [0.2, 0.25) is 0 Å². The SMILES string of the molecule is CC(=O)NC(CCSCC(=O)NC(N)=O)C(=O)O. The average molecular weight is 277 g/mol. The molecule has 0 heterocycles. The molecule has 0 aromatic rings. The maximum absolute atomic E-state index is 11.0. The van der Waals surface area contributed by atoms with Gasteiger partial charge < -0.3 is 16.2 Å². The molecule has 1 atom stereocenters. The number of urea groups is 1. The highest BCUT2D eigenvalue weighted by Gasteiger charge is 2.17. The summed E-state index contributed by atoms with van der Waals surface area (Å²) in [5.41, 5.74) is 4.74. The maximum atomic E-state index is 11.0. The Bertz CT molecular complexity index is 347. The molecule has 9 heteroatoms. The largest absolute Gasteiger partial charge is 0.480 e. The number of carboxylic acids is 1. The minimum Gasteiger partial charge on any atom is -0.480 e. The highest BCUT2D eigenvalue weighted by Crippen LogP contribution is 2.05. The summed E-state index contributed by atoms with van der Waals surface area (Å²) < 4.78 is 0. The molecule has 0 aliphatic carbocycles. The minimum atomic E-state index is -1.13. The molecule has 1 unspecified atom stereocenters. The maximum Gasteiger partial charge on any atom is 0.326 e. The zero-order valence-electron chi connectivity index (χ0n) is 9.76. The van der Waals surface area contributed by atoms with Gasteiger partial charge in [-0.1, -0.05) is 0 Å². The zero-order valence-corrected chi connectivity index (χ0v) is 10.6. The summed E-state index contributed by atoms with van der Waals surface area (Å²) in [4.78, 5) is 42.8. The third-order valence-electron chi connectivity index (χ3n) is 1.72. The van der Waals surface area contributed by atoms with Gasteiger partial charge in [-0.15, -0.1) is 0 Å². The van der Waals surface area contributed by atoms with E-state index in [0.717, 1.165) is 11.8 Å². The third kappa shape index (κ3) is 8.39. The molecule has 0 fully saturated rings. The van der Waals surface area contributed by atoms with Gasteiger partial charge in [-0.3, -0.25) is 14.9 Å². The van der Waals surface area contributed by atoms with Crippen molar-refractivity contribution >= 4 is 35.6 Å². The number of imide groups is 1. The predicted octanol–water partition coefficient (Wildman–Crippen LogP) is -1.11. The number of primary amides is 1. The second-order valence-electron chi connectivity index (χ2n) is 3.35. The monoisotopic (exact) mass is 277 g/mol. The van der Waals surface area contributed by atoms with Crippen LogP contribution in [0.3, 0.4) is 0 Å². The van der Waals surface area contributed by atoms with Gasteiger partial charge in [-0.05, 0) is 12.2 Å². The summed E-state index contributed by atoms with van der Waals surface area (Å²) in [7, 11) is 0. The van der Waals surface area contributed by atoms with Gasteiger partial charge in [-0.25, -0.2) is 9.59 Å². The molecule has 0 spiro atoms. The summed E-state index contributed by atoms with van der Waals surface area (Å²) in [5, 5.41) is 12.9. The average Bonchev–Trinajstić information content (AvgIpc) is 2.20. The molecule has 0 saturated heterocycles. The molecule has 8 nitrogen and oxygen atoms in total. The number of thioether (sulfide) groups is 1. The smallest absolute Gasteiger partial charge is 0.326 e. The number of carbonyl (C=O) groups excluding carboxylic acids is 3. The van der Waals surface area contributed by atoms with Crippen molar-refractivity contribution in [3.63, 3.8) is 0 Å². The fourth-order valence-electron chi connectivity index (χ4n) is 1.04. The van der Waals surface area contributed by atoms with Crippen LogP contribution in [0.4, 0.5) is 4.79 Å². The van der Waals surface area contributed by atoms with Gasteiger partial charge in [0.25, 0.3) is 0 Å². The van der Waals surface area contributed by atoms with E-state index in [2.05, 4.69) is 5.32 Å². The van der Waals surface area contributed by atoms with Crippen LogP contribution in [0.1, 0.15) is 13.3 Å². The molecule has 0 aliphatic heterocycles. The Hall–Kier alpha value is -1.77. The molecule has 0 aromatic heterocycles. The Morgan fingerprint density at radius 3 is 2.39 bits per heavy atom. The minimum absolute atomic E-state index is 0.00461. The number of carbonyl (C=O) groups is 4. The normalized spacial score (nSPS) is 11.4. The van der Waals surface area contributed by atoms with E-state index in [1.807, 2.05) is 5.32 Å². The van der Waals surface area contributed by atoms with Crippen molar-refractivity contribution in [3.8, 4) is 0 Å². The van der Waals surface area contributed by atoms with Crippen molar-refractivity contribution in [2.45, 2.75) is 19.4 Å². The number of hydrogen-bond acceptors (Lipinski definition) is 5. The van der Waals surface area contributed by atoms with Gasteiger partial charge in [0, 0.05) is 6.92 Å². The van der Waals surface area contributed by atoms with E-state index in [9.17, 15) is 19.2 Å². The van der Waals surface area contributed by atoms with Gasteiger partial charge in [0.2, 0.25) is 11.8 Å². The fourth-order valence-corrected chi connectivity index (χ4v) is 1.85. The fraction of sp³-hybridized carbons (Fsp3) is 0.556. The first kappa shape index (κ1) is 16.2. The first-order valence-electron chi connectivity index (χ1n) is 5.00. The summed E-state index contributed by atoms with van der Waals surface area (Å²) >= 11 is 1.14. The standard InChI is InChI=1S/C9H15N3O5S/c1-5(13)11-6(8(15)16)2-3-18-4-7(14)12-9(10)17/h6H,2-4H2,1H3,(H,11,13)(H,15,16)(H3,10,12,14,17). The number of amides is 4. The number of rotatable bonds is 7. The lowest BCUT2D eigenvalue weighted by molar-refractivity contribution is -0.141. The van der Waals surface area contributed by atoms with Crippen LogP contribution < -0.4 is 16.4 Å². The van der Waals surface area contributed by atoms with Crippen LogP contribution in [0.25, 0.3) is 0 Å². The van der Waals surface area contributed by atoms with Gasteiger partial charge >= 0.3 is 12.0 Å². The number of carboxylic acid groups (broad SMARTS) is 1. The van der Waals surface area contributed by atoms with E-state index in [1.54, 1.807) is 0 Å². The van der Waals surface area contributed by atoms with E-state index in [-0.39, 0.29) is 12.2 Å².